The number of ketones is 1. The van der Waals surface area contributed by atoms with Crippen molar-refractivity contribution in [2.75, 3.05) is 0 Å². The molecule has 3 atom stereocenters. The zero-order valence-corrected chi connectivity index (χ0v) is 15.4. The molecule has 2 aliphatic heterocycles. The lowest BCUT2D eigenvalue weighted by molar-refractivity contribution is 0.0930. The van der Waals surface area contributed by atoms with Crippen molar-refractivity contribution >= 4 is 23.5 Å². The number of benzene rings is 1. The summed E-state index contributed by atoms with van der Waals surface area (Å²) in [5, 5.41) is 7.46. The van der Waals surface area contributed by atoms with E-state index in [0.717, 1.165) is 22.8 Å². The molecule has 134 valence electrons. The van der Waals surface area contributed by atoms with E-state index in [1.54, 1.807) is 6.07 Å². The van der Waals surface area contributed by atoms with Gasteiger partial charge < -0.3 is 10.6 Å². The van der Waals surface area contributed by atoms with Gasteiger partial charge in [-0.3, -0.25) is 9.59 Å². The molecule has 26 heavy (non-hydrogen) atoms. The second-order valence-corrected chi connectivity index (χ2v) is 8.00. The maximum Gasteiger partial charge on any atom is 0.251 e. The summed E-state index contributed by atoms with van der Waals surface area (Å²) in [5.41, 5.74) is 1.13. The van der Waals surface area contributed by atoms with Crippen LogP contribution >= 0.6 is 11.8 Å². The van der Waals surface area contributed by atoms with Gasteiger partial charge in [-0.25, -0.2) is 4.98 Å². The van der Waals surface area contributed by atoms with Crippen LogP contribution in [-0.4, -0.2) is 34.8 Å². The van der Waals surface area contributed by atoms with E-state index >= 15 is 0 Å². The topological polar surface area (TPSA) is 71.1 Å². The zero-order chi connectivity index (χ0) is 18.1. The van der Waals surface area contributed by atoms with Crippen LogP contribution in [-0.2, 0) is 0 Å². The van der Waals surface area contributed by atoms with Crippen molar-refractivity contribution in [3.63, 3.8) is 0 Å². The third-order valence-electron chi connectivity index (χ3n) is 5.04. The van der Waals surface area contributed by atoms with Gasteiger partial charge in [0.2, 0.25) is 0 Å². The summed E-state index contributed by atoms with van der Waals surface area (Å²) < 4.78 is 0. The fraction of sp³-hybridized carbons (Fsp3) is 0.350. The summed E-state index contributed by atoms with van der Waals surface area (Å²) in [5.74, 6) is -0.0628. The summed E-state index contributed by atoms with van der Waals surface area (Å²) in [7, 11) is 0. The quantitative estimate of drug-likeness (QED) is 0.795. The van der Waals surface area contributed by atoms with Gasteiger partial charge in [0, 0.05) is 35.5 Å². The number of hydrogen-bond acceptors (Lipinski definition) is 5. The first-order chi connectivity index (χ1) is 12.6. The van der Waals surface area contributed by atoms with Crippen molar-refractivity contribution in [3.8, 4) is 0 Å². The van der Waals surface area contributed by atoms with Crippen LogP contribution in [0.3, 0.4) is 0 Å². The Morgan fingerprint density at radius 3 is 2.62 bits per heavy atom. The predicted octanol–water partition coefficient (Wildman–Crippen LogP) is 3.06. The maximum absolute atomic E-state index is 12.5. The average molecular weight is 367 g/mol. The molecule has 2 N–H and O–H groups in total. The van der Waals surface area contributed by atoms with Crippen LogP contribution < -0.4 is 10.6 Å². The first-order valence-electron chi connectivity index (χ1n) is 8.91. The SMILES string of the molecule is CC(=O)c1cccc(Sc2ccc(C(=O)N[C@@H]3C[C@H]4CC[C@@H]3N4)cc2)n1. The standard InChI is InChI=1S/C20H21N3O2S/c1-12(24)16-3-2-4-19(22-16)26-15-8-5-13(6-9-15)20(25)23-18-11-14-7-10-17(18)21-14/h2-6,8-9,14,17-18,21H,7,10-11H2,1H3,(H,23,25)/t14-,17+,18-/m1/s1. The summed E-state index contributed by atoms with van der Waals surface area (Å²) >= 11 is 1.48. The molecule has 0 unspecified atom stereocenters. The third-order valence-corrected chi connectivity index (χ3v) is 5.98. The minimum absolute atomic E-state index is 0.0161. The molecule has 0 radical (unpaired) electrons. The highest BCUT2D eigenvalue weighted by Crippen LogP contribution is 2.29. The van der Waals surface area contributed by atoms with Gasteiger partial charge in [-0.1, -0.05) is 17.8 Å². The molecule has 1 aromatic carbocycles. The Kier molecular flexibility index (Phi) is 4.78. The molecule has 5 nitrogen and oxygen atoms in total. The van der Waals surface area contributed by atoms with Gasteiger partial charge in [0.15, 0.2) is 5.78 Å². The Bertz CT molecular complexity index is 837. The van der Waals surface area contributed by atoms with E-state index in [1.165, 1.54) is 25.1 Å². The van der Waals surface area contributed by atoms with E-state index in [4.69, 9.17) is 0 Å². The normalized spacial score (nSPS) is 23.8. The number of nitrogens with zero attached hydrogens (tertiary/aromatic N) is 1. The molecule has 2 saturated heterocycles. The Balaban J connectivity index is 1.39. The Morgan fingerprint density at radius 1 is 1.15 bits per heavy atom. The number of Topliss-reactive ketones (excluding diaryl/α,β-unsaturated/α-hetero) is 1. The van der Waals surface area contributed by atoms with Gasteiger partial charge in [0.1, 0.15) is 10.7 Å². The highest BCUT2D eigenvalue weighted by Gasteiger charge is 2.39. The Morgan fingerprint density at radius 2 is 1.96 bits per heavy atom. The molecule has 2 bridgehead atoms. The van der Waals surface area contributed by atoms with Gasteiger partial charge in [-0.2, -0.15) is 0 Å². The van der Waals surface area contributed by atoms with Gasteiger partial charge in [0.25, 0.3) is 5.91 Å². The summed E-state index contributed by atoms with van der Waals surface area (Å²) in [4.78, 5) is 29.2. The third kappa shape index (κ3) is 3.66. The fourth-order valence-corrected chi connectivity index (χ4v) is 4.50. The smallest absolute Gasteiger partial charge is 0.251 e. The first-order valence-corrected chi connectivity index (χ1v) is 9.73. The minimum atomic E-state index is -0.0467. The number of rotatable bonds is 5. The second-order valence-electron chi connectivity index (χ2n) is 6.91. The van der Waals surface area contributed by atoms with Crippen LogP contribution in [0.1, 0.15) is 47.0 Å². The van der Waals surface area contributed by atoms with Crippen molar-refractivity contribution in [1.82, 2.24) is 15.6 Å². The number of fused-ring (bicyclic) bond motifs is 2. The molecule has 2 aromatic rings. The molecule has 0 spiro atoms. The minimum Gasteiger partial charge on any atom is -0.348 e. The van der Waals surface area contributed by atoms with E-state index < -0.39 is 0 Å². The van der Waals surface area contributed by atoms with Gasteiger partial charge in [-0.05, 0) is 55.7 Å². The number of aromatic nitrogens is 1. The molecule has 0 saturated carbocycles. The molecule has 3 heterocycles. The van der Waals surface area contributed by atoms with E-state index in [-0.39, 0.29) is 17.7 Å². The first kappa shape index (κ1) is 17.2. The lowest BCUT2D eigenvalue weighted by Gasteiger charge is -2.21. The van der Waals surface area contributed by atoms with Crippen molar-refractivity contribution < 1.29 is 9.59 Å². The lowest BCUT2D eigenvalue weighted by Crippen LogP contribution is -2.42. The van der Waals surface area contributed by atoms with Crippen LogP contribution in [0.15, 0.2) is 52.4 Å². The van der Waals surface area contributed by atoms with Crippen molar-refractivity contribution in [3.05, 3.63) is 53.7 Å². The van der Waals surface area contributed by atoms with Crippen LogP contribution in [0.5, 0.6) is 0 Å². The fourth-order valence-electron chi connectivity index (χ4n) is 3.70. The highest BCUT2D eigenvalue weighted by molar-refractivity contribution is 7.99. The molecule has 6 heteroatoms. The number of carbonyl (C=O) groups is 2. The molecule has 1 amide bonds. The molecule has 1 aromatic heterocycles. The number of amides is 1. The van der Waals surface area contributed by atoms with Crippen LogP contribution in [0, 0.1) is 0 Å². The summed E-state index contributed by atoms with van der Waals surface area (Å²) in [6.45, 7) is 1.51. The summed E-state index contributed by atoms with van der Waals surface area (Å²) in [6.07, 6.45) is 3.40. The van der Waals surface area contributed by atoms with E-state index in [0.29, 0.717) is 23.3 Å². The molecular weight excluding hydrogens is 346 g/mol. The predicted molar refractivity (Wildman–Crippen MR) is 101 cm³/mol. The number of pyridine rings is 1. The molecule has 2 aliphatic rings. The van der Waals surface area contributed by atoms with Gasteiger partial charge >= 0.3 is 0 Å². The zero-order valence-electron chi connectivity index (χ0n) is 14.6. The monoisotopic (exact) mass is 367 g/mol. The number of nitrogens with one attached hydrogen (secondary N) is 2. The van der Waals surface area contributed by atoms with Gasteiger partial charge in [0.05, 0.1) is 0 Å². The Labute approximate surface area is 157 Å². The van der Waals surface area contributed by atoms with Crippen molar-refractivity contribution in [2.45, 2.75) is 54.2 Å². The Hall–Kier alpha value is -2.18. The van der Waals surface area contributed by atoms with Crippen LogP contribution in [0.2, 0.25) is 0 Å². The number of carbonyl (C=O) groups excluding carboxylic acids is 2. The molecular formula is C20H21N3O2S. The summed E-state index contributed by atoms with van der Waals surface area (Å²) in [6, 6.07) is 14.2. The van der Waals surface area contributed by atoms with Crippen molar-refractivity contribution in [1.29, 1.82) is 0 Å². The second kappa shape index (κ2) is 7.21. The van der Waals surface area contributed by atoms with Crippen molar-refractivity contribution in [2.24, 2.45) is 0 Å². The molecule has 2 fully saturated rings. The maximum atomic E-state index is 12.5. The van der Waals surface area contributed by atoms with Crippen LogP contribution in [0.25, 0.3) is 0 Å². The lowest BCUT2D eigenvalue weighted by atomic mass is 9.95. The van der Waals surface area contributed by atoms with Crippen LogP contribution in [0.4, 0.5) is 0 Å². The molecule has 4 rings (SSSR count). The molecule has 0 aliphatic carbocycles. The largest absolute Gasteiger partial charge is 0.348 e. The van der Waals surface area contributed by atoms with E-state index in [1.807, 2.05) is 36.4 Å². The van der Waals surface area contributed by atoms with Gasteiger partial charge in [-0.15, -0.1) is 0 Å². The van der Waals surface area contributed by atoms with E-state index in [9.17, 15) is 9.59 Å². The number of hydrogen-bond donors (Lipinski definition) is 2. The highest BCUT2D eigenvalue weighted by atomic mass is 32.2. The van der Waals surface area contributed by atoms with E-state index in [2.05, 4.69) is 15.6 Å². The average Bonchev–Trinajstić information content (AvgIpc) is 3.25.